The fraction of sp³-hybridized carbons (Fsp3) is 0.836. The highest BCUT2D eigenvalue weighted by molar-refractivity contribution is 6.21. The highest BCUT2D eigenvalue weighted by Crippen LogP contribution is 2.44. The number of amides is 12. The van der Waals surface area contributed by atoms with Crippen LogP contribution in [0.2, 0.25) is 0 Å². The quantitative estimate of drug-likeness (QED) is 0.205. The molecule has 8 aliphatic rings. The van der Waals surface area contributed by atoms with Crippen molar-refractivity contribution in [3.05, 3.63) is 0 Å². The minimum absolute atomic E-state index is 0.00509. The Morgan fingerprint density at radius 1 is 0.545 bits per heavy atom. The summed E-state index contributed by atoms with van der Waals surface area (Å²) >= 11 is 6.41. The molecule has 5 aliphatic carbocycles. The summed E-state index contributed by atoms with van der Waals surface area (Å²) in [5.74, 6) is -10.1. The van der Waals surface area contributed by atoms with Gasteiger partial charge in [0.25, 0.3) is 0 Å². The number of piperidine rings is 1. The molecule has 101 heavy (non-hydrogen) atoms. The van der Waals surface area contributed by atoms with Gasteiger partial charge >= 0.3 is 6.18 Å². The topological polar surface area (TPSA) is 270 Å². The highest BCUT2D eigenvalue weighted by atomic mass is 35.5. The van der Waals surface area contributed by atoms with Gasteiger partial charge in [0.05, 0.1) is 32.0 Å². The lowest BCUT2D eigenvalue weighted by atomic mass is 9.78. The summed E-state index contributed by atoms with van der Waals surface area (Å²) in [5, 5.41) is 7.71. The molecule has 1 spiro atoms. The van der Waals surface area contributed by atoms with E-state index < -0.39 is 162 Å². The van der Waals surface area contributed by atoms with Crippen LogP contribution in [0.5, 0.6) is 0 Å². The first-order valence-corrected chi connectivity index (χ1v) is 38.3. The van der Waals surface area contributed by atoms with E-state index >= 15 is 28.8 Å². The van der Waals surface area contributed by atoms with E-state index in [2.05, 4.69) is 16.0 Å². The van der Waals surface area contributed by atoms with Crippen LogP contribution in [0.1, 0.15) is 206 Å². The summed E-state index contributed by atoms with van der Waals surface area (Å²) in [6.07, 6.45) is 9.66. The molecule has 0 bridgehead atoms. The number of alkyl halides is 4. The molecular weight excluding hydrogens is 1330 g/mol. The maximum absolute atomic E-state index is 15.8. The molecular formula is C73H116ClF3N12O12. The first-order chi connectivity index (χ1) is 47.8. The Morgan fingerprint density at radius 3 is 1.74 bits per heavy atom. The molecule has 24 nitrogen and oxygen atoms in total. The predicted molar refractivity (Wildman–Crippen MR) is 372 cm³/mol. The van der Waals surface area contributed by atoms with E-state index in [4.69, 9.17) is 11.6 Å². The van der Waals surface area contributed by atoms with Gasteiger partial charge in [0.2, 0.25) is 70.9 Å². The van der Waals surface area contributed by atoms with Crippen molar-refractivity contribution >= 4 is 82.5 Å². The van der Waals surface area contributed by atoms with Crippen molar-refractivity contribution in [1.82, 2.24) is 60.0 Å². The van der Waals surface area contributed by atoms with Gasteiger partial charge in [-0.15, -0.1) is 11.6 Å². The fourth-order valence-corrected chi connectivity index (χ4v) is 17.8. The number of fused-ring (bicyclic) bond motifs is 1. The minimum Gasteiger partial charge on any atom is -0.343 e. The molecule has 5 saturated carbocycles. The third-order valence-electron chi connectivity index (χ3n) is 23.9. The average Bonchev–Trinajstić information content (AvgIpc) is 1.42. The normalized spacial score (nSPS) is 30.5. The minimum atomic E-state index is -4.50. The second-order valence-electron chi connectivity index (χ2n) is 31.5. The Bertz CT molecular complexity index is 2950. The lowest BCUT2D eigenvalue weighted by Crippen LogP contribution is -2.65. The van der Waals surface area contributed by atoms with Gasteiger partial charge in [-0.3, -0.25) is 57.5 Å². The summed E-state index contributed by atoms with van der Waals surface area (Å²) < 4.78 is 42.1. The molecule has 12 amide bonds. The number of halogens is 4. The molecule has 568 valence electrons. The Morgan fingerprint density at radius 2 is 1.14 bits per heavy atom. The van der Waals surface area contributed by atoms with Crippen molar-refractivity contribution in [3.63, 3.8) is 0 Å². The van der Waals surface area contributed by atoms with E-state index in [0.717, 1.165) is 69.1 Å². The van der Waals surface area contributed by atoms with Crippen molar-refractivity contribution in [3.8, 4) is 0 Å². The van der Waals surface area contributed by atoms with Crippen LogP contribution in [-0.4, -0.2) is 263 Å². The van der Waals surface area contributed by atoms with E-state index in [1.807, 2.05) is 13.8 Å². The predicted octanol–water partition coefficient (Wildman–Crippen LogP) is 6.24. The average molecular weight is 1450 g/mol. The second-order valence-corrected chi connectivity index (χ2v) is 32.1. The van der Waals surface area contributed by atoms with Gasteiger partial charge in [0.1, 0.15) is 47.8 Å². The zero-order valence-electron chi connectivity index (χ0n) is 61.5. The van der Waals surface area contributed by atoms with Crippen molar-refractivity contribution in [2.24, 2.45) is 35.5 Å². The maximum Gasteiger partial charge on any atom is 0.393 e. The molecule has 10 atom stereocenters. The molecule has 3 heterocycles. The molecule has 8 rings (SSSR count). The number of rotatable bonds is 10. The monoisotopic (exact) mass is 1440 g/mol. The lowest BCUT2D eigenvalue weighted by molar-refractivity contribution is -0.182. The summed E-state index contributed by atoms with van der Waals surface area (Å²) in [5.41, 5.74) is -1.55. The van der Waals surface area contributed by atoms with Gasteiger partial charge in [0, 0.05) is 74.3 Å². The summed E-state index contributed by atoms with van der Waals surface area (Å²) in [7, 11) is 10.2. The number of hydrogen-bond acceptors (Lipinski definition) is 12. The highest BCUT2D eigenvalue weighted by Gasteiger charge is 2.52. The molecule has 0 aromatic heterocycles. The molecule has 0 radical (unpaired) electrons. The zero-order valence-corrected chi connectivity index (χ0v) is 62.2. The number of likely N-dealkylation sites (tertiary alicyclic amines) is 1. The molecule has 0 aromatic rings. The molecule has 3 N–H and O–H groups in total. The Labute approximate surface area is 600 Å². The largest absolute Gasteiger partial charge is 0.393 e. The number of nitrogens with zero attached hydrogens (tertiary/aromatic N) is 9. The molecule has 3 unspecified atom stereocenters. The second kappa shape index (κ2) is 35.9. The van der Waals surface area contributed by atoms with Gasteiger partial charge in [-0.25, -0.2) is 0 Å². The number of hydrogen-bond donors (Lipinski definition) is 3. The zero-order chi connectivity index (χ0) is 73.8. The Balaban J connectivity index is 1.15. The van der Waals surface area contributed by atoms with E-state index in [-0.39, 0.29) is 100 Å². The van der Waals surface area contributed by atoms with E-state index in [9.17, 15) is 41.9 Å². The third kappa shape index (κ3) is 20.2. The van der Waals surface area contributed by atoms with E-state index in [1.165, 1.54) is 76.6 Å². The summed E-state index contributed by atoms with van der Waals surface area (Å²) in [4.78, 5) is 192. The van der Waals surface area contributed by atoms with Gasteiger partial charge in [0.15, 0.2) is 0 Å². The van der Waals surface area contributed by atoms with Gasteiger partial charge in [-0.05, 0) is 145 Å². The number of nitrogens with one attached hydrogen (secondary N) is 3. The Hall–Kier alpha value is -6.28. The standard InChI is InChI=1S/C73H116ClF3N12O12/c1-46(2)39-55-64(94)79-62(49-27-21-28-49)69(99)83(5)44-60(92)81(3)45-61(93)85(7)56(41-47-23-13-10-14-24-47)67(97)82(4)43-58(90)78-53(33-31-48-30-32-51(52(74)40-48)73(75,76)77)66(96)89-38-22-29-54(89)65(95)80-72(34-17-18-35-72)71(101)87(9)63(50-25-15-11-16-26-50)70(100)86(8)57(42-59(91)84(55)6)68(98)88-36-19-12-20-37-88/h46-57,62-63H,10-45H2,1-9H3,(H,78,90)(H,79,94)(H,80,95)/t48?,51?,52?,53-,54-,55-,56-,57-,62-,63-/m0/s1. The first kappa shape index (κ1) is 80.4. The van der Waals surface area contributed by atoms with E-state index in [0.29, 0.717) is 70.9 Å². The van der Waals surface area contributed by atoms with Crippen molar-refractivity contribution < 1.29 is 70.7 Å². The summed E-state index contributed by atoms with van der Waals surface area (Å²) in [6, 6.07) is -8.37. The lowest BCUT2D eigenvalue weighted by Gasteiger charge is -2.43. The number of likely N-dealkylation sites (N-methyl/N-ethyl adjacent to an activating group) is 7. The van der Waals surface area contributed by atoms with Crippen molar-refractivity contribution in [1.29, 1.82) is 0 Å². The summed E-state index contributed by atoms with van der Waals surface area (Å²) in [6.45, 7) is 3.05. The van der Waals surface area contributed by atoms with Crippen molar-refractivity contribution in [2.45, 2.75) is 266 Å². The van der Waals surface area contributed by atoms with Crippen LogP contribution in [-0.2, 0) is 57.5 Å². The van der Waals surface area contributed by atoms with Crippen LogP contribution in [0.15, 0.2) is 0 Å². The Kier molecular flexibility index (Phi) is 28.6. The van der Waals surface area contributed by atoms with Crippen LogP contribution in [0.25, 0.3) is 0 Å². The van der Waals surface area contributed by atoms with Crippen molar-refractivity contribution in [2.75, 3.05) is 88.6 Å². The van der Waals surface area contributed by atoms with Gasteiger partial charge in [-0.2, -0.15) is 13.2 Å². The van der Waals surface area contributed by atoms with Crippen LogP contribution in [0, 0.1) is 35.5 Å². The molecule has 8 fully saturated rings. The third-order valence-corrected chi connectivity index (χ3v) is 24.3. The van der Waals surface area contributed by atoms with E-state index in [1.54, 1.807) is 11.9 Å². The number of carbonyl (C=O) groups excluding carboxylic acids is 12. The fourth-order valence-electron chi connectivity index (χ4n) is 17.3. The van der Waals surface area contributed by atoms with Gasteiger partial charge < -0.3 is 60.0 Å². The van der Waals surface area contributed by atoms with Crippen LogP contribution < -0.4 is 16.0 Å². The molecule has 3 aliphatic heterocycles. The van der Waals surface area contributed by atoms with Gasteiger partial charge in [-0.1, -0.05) is 84.5 Å². The molecule has 28 heteroatoms. The molecule has 0 aromatic carbocycles. The smallest absolute Gasteiger partial charge is 0.343 e. The number of carbonyl (C=O) groups is 12. The van der Waals surface area contributed by atoms with Crippen LogP contribution in [0.3, 0.4) is 0 Å². The maximum atomic E-state index is 15.8. The molecule has 3 saturated heterocycles. The van der Waals surface area contributed by atoms with Crippen LogP contribution >= 0.6 is 11.6 Å². The SMILES string of the molecule is CC(C)C[C@H]1C(=O)N[C@@H](C2CCC2)C(=O)N(C)CC(=O)N(C)CC(=O)N(C)[C@@H](CC2CCCCC2)C(=O)N(C)CC(=O)N[C@@H](CCC2CCC(C(F)(F)F)C(Cl)C2)C(=O)N2CCC[C@H]2C(=O)NC2(CCCC2)C(=O)N(C)[C@@H](C2CCCCC2)C(=O)N(C)[C@H](C(=O)N2CCCCC2)CC(=O)N1C. The van der Waals surface area contributed by atoms with Crippen LogP contribution in [0.4, 0.5) is 13.2 Å². The first-order valence-electron chi connectivity index (χ1n) is 37.8.